The van der Waals surface area contributed by atoms with Crippen molar-refractivity contribution in [3.8, 4) is 5.69 Å². The van der Waals surface area contributed by atoms with Gasteiger partial charge >= 0.3 is 0 Å². The molecule has 154 valence electrons. The number of benzene rings is 3. The van der Waals surface area contributed by atoms with Gasteiger partial charge in [-0.2, -0.15) is 5.10 Å². The minimum atomic E-state index is -0.470. The van der Waals surface area contributed by atoms with Gasteiger partial charge in [0.05, 0.1) is 33.3 Å². The van der Waals surface area contributed by atoms with Crippen LogP contribution >= 0.6 is 0 Å². The first-order valence-corrected chi connectivity index (χ1v) is 9.72. The molecule has 0 saturated heterocycles. The SMILES string of the molecule is CCc1cccc(-n2c(N/N=C/c3ccccc3[N+](=O)[O-])nc3ccccc3c2=O)c1. The van der Waals surface area contributed by atoms with Crippen LogP contribution in [0.25, 0.3) is 16.6 Å². The lowest BCUT2D eigenvalue weighted by Crippen LogP contribution is -2.22. The fourth-order valence-electron chi connectivity index (χ4n) is 3.29. The van der Waals surface area contributed by atoms with Crippen molar-refractivity contribution in [1.29, 1.82) is 0 Å². The summed E-state index contributed by atoms with van der Waals surface area (Å²) in [6.07, 6.45) is 2.16. The first-order chi connectivity index (χ1) is 15.1. The maximum atomic E-state index is 13.3. The van der Waals surface area contributed by atoms with Crippen LogP contribution in [0.3, 0.4) is 0 Å². The number of hydrogen-bond donors (Lipinski definition) is 1. The molecule has 1 aromatic heterocycles. The normalized spacial score (nSPS) is 11.1. The number of para-hydroxylation sites is 2. The monoisotopic (exact) mass is 413 g/mol. The molecule has 4 aromatic rings. The van der Waals surface area contributed by atoms with Gasteiger partial charge in [0.15, 0.2) is 0 Å². The number of nitro benzene ring substituents is 1. The Morgan fingerprint density at radius 3 is 2.68 bits per heavy atom. The summed E-state index contributed by atoms with van der Waals surface area (Å²) in [7, 11) is 0. The van der Waals surface area contributed by atoms with Crippen molar-refractivity contribution in [2.75, 3.05) is 5.43 Å². The van der Waals surface area contributed by atoms with Crippen molar-refractivity contribution in [2.24, 2.45) is 5.10 Å². The summed E-state index contributed by atoms with van der Waals surface area (Å²) in [5.41, 5.74) is 5.10. The summed E-state index contributed by atoms with van der Waals surface area (Å²) in [6.45, 7) is 2.04. The summed E-state index contributed by atoms with van der Waals surface area (Å²) < 4.78 is 1.46. The number of hydrazone groups is 1. The highest BCUT2D eigenvalue weighted by Gasteiger charge is 2.13. The quantitative estimate of drug-likeness (QED) is 0.288. The van der Waals surface area contributed by atoms with Crippen LogP contribution in [0.4, 0.5) is 11.6 Å². The Labute approximate surface area is 177 Å². The van der Waals surface area contributed by atoms with Gasteiger partial charge in [-0.15, -0.1) is 0 Å². The lowest BCUT2D eigenvalue weighted by molar-refractivity contribution is -0.385. The predicted octanol–water partition coefficient (Wildman–Crippen LogP) is 4.30. The van der Waals surface area contributed by atoms with Crippen molar-refractivity contribution < 1.29 is 4.92 Å². The van der Waals surface area contributed by atoms with Crippen LogP contribution in [0.15, 0.2) is 82.7 Å². The number of anilines is 1. The van der Waals surface area contributed by atoms with Crippen molar-refractivity contribution in [2.45, 2.75) is 13.3 Å². The zero-order chi connectivity index (χ0) is 21.8. The Hall–Kier alpha value is -4.33. The topological polar surface area (TPSA) is 102 Å². The Morgan fingerprint density at radius 1 is 1.10 bits per heavy atom. The summed E-state index contributed by atoms with van der Waals surface area (Å²) in [6, 6.07) is 21.0. The number of nitrogens with zero attached hydrogens (tertiary/aromatic N) is 4. The van der Waals surface area contributed by atoms with Crippen LogP contribution in [-0.4, -0.2) is 20.7 Å². The lowest BCUT2D eigenvalue weighted by atomic mass is 10.1. The van der Waals surface area contributed by atoms with Gasteiger partial charge in [0, 0.05) is 6.07 Å². The van der Waals surface area contributed by atoms with E-state index >= 15 is 0 Å². The van der Waals surface area contributed by atoms with Crippen molar-refractivity contribution in [1.82, 2.24) is 9.55 Å². The molecule has 0 spiro atoms. The van der Waals surface area contributed by atoms with E-state index in [9.17, 15) is 14.9 Å². The molecule has 0 aliphatic carbocycles. The molecule has 0 aliphatic rings. The molecule has 0 amide bonds. The third-order valence-corrected chi connectivity index (χ3v) is 4.85. The molecule has 0 unspecified atom stereocenters. The van der Waals surface area contributed by atoms with E-state index in [-0.39, 0.29) is 17.2 Å². The van der Waals surface area contributed by atoms with Crippen molar-refractivity contribution in [3.05, 3.63) is 104 Å². The Bertz CT molecular complexity index is 1360. The molecular weight excluding hydrogens is 394 g/mol. The molecule has 4 rings (SSSR count). The van der Waals surface area contributed by atoms with Gasteiger partial charge in [0.1, 0.15) is 0 Å². The maximum Gasteiger partial charge on any atom is 0.278 e. The van der Waals surface area contributed by atoms with E-state index in [0.29, 0.717) is 22.2 Å². The van der Waals surface area contributed by atoms with Crippen LogP contribution in [0.1, 0.15) is 18.1 Å². The molecule has 1 heterocycles. The van der Waals surface area contributed by atoms with Crippen LogP contribution in [-0.2, 0) is 6.42 Å². The summed E-state index contributed by atoms with van der Waals surface area (Å²) >= 11 is 0. The fraction of sp³-hybridized carbons (Fsp3) is 0.0870. The highest BCUT2D eigenvalue weighted by molar-refractivity contribution is 5.85. The molecule has 3 aromatic carbocycles. The molecule has 8 heteroatoms. The largest absolute Gasteiger partial charge is 0.278 e. The number of nitro groups is 1. The number of hydrogen-bond acceptors (Lipinski definition) is 6. The average Bonchev–Trinajstić information content (AvgIpc) is 2.79. The van der Waals surface area contributed by atoms with E-state index in [2.05, 4.69) is 15.5 Å². The first kappa shape index (κ1) is 20.0. The van der Waals surface area contributed by atoms with Crippen molar-refractivity contribution in [3.63, 3.8) is 0 Å². The zero-order valence-corrected chi connectivity index (χ0v) is 16.7. The number of rotatable bonds is 6. The second-order valence-electron chi connectivity index (χ2n) is 6.80. The van der Waals surface area contributed by atoms with Gasteiger partial charge < -0.3 is 0 Å². The fourth-order valence-corrected chi connectivity index (χ4v) is 3.29. The molecule has 0 atom stereocenters. The summed E-state index contributed by atoms with van der Waals surface area (Å²) in [5.74, 6) is 0.215. The van der Waals surface area contributed by atoms with Gasteiger partial charge in [0.25, 0.3) is 11.2 Å². The Kier molecular flexibility index (Phi) is 5.53. The maximum absolute atomic E-state index is 13.3. The van der Waals surface area contributed by atoms with Crippen LogP contribution in [0.2, 0.25) is 0 Å². The number of nitrogens with one attached hydrogen (secondary N) is 1. The molecule has 0 saturated carbocycles. The third kappa shape index (κ3) is 4.04. The minimum Gasteiger partial charge on any atom is -0.268 e. The number of aromatic nitrogens is 2. The van der Waals surface area contributed by atoms with Crippen LogP contribution < -0.4 is 11.0 Å². The van der Waals surface area contributed by atoms with E-state index in [0.717, 1.165) is 12.0 Å². The van der Waals surface area contributed by atoms with Gasteiger partial charge in [0.2, 0.25) is 5.95 Å². The van der Waals surface area contributed by atoms with E-state index < -0.39 is 4.92 Å². The molecule has 31 heavy (non-hydrogen) atoms. The highest BCUT2D eigenvalue weighted by Crippen LogP contribution is 2.19. The number of fused-ring (bicyclic) bond motifs is 1. The van der Waals surface area contributed by atoms with E-state index in [4.69, 9.17) is 0 Å². The Balaban J connectivity index is 1.82. The molecule has 0 bridgehead atoms. The molecule has 0 aliphatic heterocycles. The van der Waals surface area contributed by atoms with Crippen molar-refractivity contribution >= 4 is 28.8 Å². The van der Waals surface area contributed by atoms with Gasteiger partial charge in [-0.3, -0.25) is 14.9 Å². The van der Waals surface area contributed by atoms with Crippen LogP contribution in [0.5, 0.6) is 0 Å². The molecule has 1 N–H and O–H groups in total. The van der Waals surface area contributed by atoms with Gasteiger partial charge in [-0.05, 0) is 42.3 Å². The van der Waals surface area contributed by atoms with E-state index in [1.807, 2.05) is 31.2 Å². The standard InChI is InChI=1S/C23H19N5O3/c1-2-16-8-7-10-18(14-16)27-22(29)19-11-4-5-12-20(19)25-23(27)26-24-15-17-9-3-6-13-21(17)28(30)31/h3-15H,2H2,1H3,(H,25,26)/b24-15+. The van der Waals surface area contributed by atoms with Crippen LogP contribution in [0, 0.1) is 10.1 Å². The lowest BCUT2D eigenvalue weighted by Gasteiger charge is -2.13. The van der Waals surface area contributed by atoms with E-state index in [1.54, 1.807) is 42.5 Å². The predicted molar refractivity (Wildman–Crippen MR) is 121 cm³/mol. The molecule has 0 radical (unpaired) electrons. The number of aryl methyl sites for hydroxylation is 1. The summed E-state index contributed by atoms with van der Waals surface area (Å²) in [5, 5.41) is 15.8. The average molecular weight is 413 g/mol. The molecular formula is C23H19N5O3. The summed E-state index contributed by atoms with van der Waals surface area (Å²) in [4.78, 5) is 28.6. The molecule has 8 nitrogen and oxygen atoms in total. The molecule has 0 fully saturated rings. The Morgan fingerprint density at radius 2 is 1.87 bits per heavy atom. The minimum absolute atomic E-state index is 0.0624. The second-order valence-corrected chi connectivity index (χ2v) is 6.80. The smallest absolute Gasteiger partial charge is 0.268 e. The zero-order valence-electron chi connectivity index (χ0n) is 16.7. The van der Waals surface area contributed by atoms with E-state index in [1.165, 1.54) is 16.8 Å². The third-order valence-electron chi connectivity index (χ3n) is 4.85. The van der Waals surface area contributed by atoms with Gasteiger partial charge in [-0.1, -0.05) is 43.3 Å². The highest BCUT2D eigenvalue weighted by atomic mass is 16.6. The first-order valence-electron chi connectivity index (χ1n) is 9.72. The van der Waals surface area contributed by atoms with Gasteiger partial charge in [-0.25, -0.2) is 15.0 Å². The second kappa shape index (κ2) is 8.58.